The van der Waals surface area contributed by atoms with Gasteiger partial charge in [-0.1, -0.05) is 0 Å². The van der Waals surface area contributed by atoms with Crippen molar-refractivity contribution in [3.05, 3.63) is 50.7 Å². The second-order valence-electron chi connectivity index (χ2n) is 7.89. The molecule has 2 N–H and O–H groups in total. The van der Waals surface area contributed by atoms with Gasteiger partial charge in [-0.3, -0.25) is 14.3 Å². The number of nitrogens with zero attached hydrogens (tertiary/aromatic N) is 4. The second kappa shape index (κ2) is 10.6. The molecule has 31 heavy (non-hydrogen) atoms. The zero-order valence-electron chi connectivity index (χ0n) is 18.0. The van der Waals surface area contributed by atoms with Crippen LogP contribution in [0.15, 0.2) is 17.1 Å². The Morgan fingerprint density at radius 2 is 2.00 bits per heavy atom. The Hall–Kier alpha value is -1.87. The van der Waals surface area contributed by atoms with Crippen LogP contribution in [0.5, 0.6) is 0 Å². The molecule has 2 aromatic heterocycles. The van der Waals surface area contributed by atoms with Crippen LogP contribution in [0, 0.1) is 6.92 Å². The smallest absolute Gasteiger partial charge is 0.263 e. The molecule has 172 valence electrons. The Balaban J connectivity index is 0.00000171. The number of rotatable bonds is 4. The average Bonchev–Trinajstić information content (AvgIpc) is 3.11. The number of hydrogen-bond acceptors (Lipinski definition) is 5. The summed E-state index contributed by atoms with van der Waals surface area (Å²) >= 11 is 0. The van der Waals surface area contributed by atoms with E-state index >= 15 is 0 Å². The third kappa shape index (κ3) is 4.67. The van der Waals surface area contributed by atoms with Crippen molar-refractivity contribution in [3.8, 4) is 0 Å². The number of halogens is 2. The molecule has 0 saturated carbocycles. The van der Waals surface area contributed by atoms with E-state index in [-0.39, 0.29) is 54.5 Å². The van der Waals surface area contributed by atoms with Gasteiger partial charge < -0.3 is 19.9 Å². The largest absolute Gasteiger partial charge is 0.390 e. The Morgan fingerprint density at radius 1 is 1.29 bits per heavy atom. The van der Waals surface area contributed by atoms with E-state index in [1.54, 1.807) is 9.47 Å². The third-order valence-corrected chi connectivity index (χ3v) is 6.20. The monoisotopic (exact) mass is 471 g/mol. The number of hydrogen-bond donors (Lipinski definition) is 2. The first-order valence-electron chi connectivity index (χ1n) is 10.4. The van der Waals surface area contributed by atoms with Crippen LogP contribution in [0.3, 0.4) is 0 Å². The topological polar surface area (TPSA) is 92.4 Å². The van der Waals surface area contributed by atoms with Crippen LogP contribution >= 0.6 is 24.8 Å². The van der Waals surface area contributed by atoms with Crippen molar-refractivity contribution >= 4 is 30.7 Å². The Labute approximate surface area is 194 Å². The summed E-state index contributed by atoms with van der Waals surface area (Å²) in [6.07, 6.45) is 4.28. The highest BCUT2D eigenvalue weighted by atomic mass is 35.5. The predicted molar refractivity (Wildman–Crippen MR) is 123 cm³/mol. The van der Waals surface area contributed by atoms with Crippen molar-refractivity contribution in [2.24, 2.45) is 0 Å². The molecule has 0 aliphatic carbocycles. The van der Waals surface area contributed by atoms with E-state index in [1.807, 2.05) is 30.8 Å². The lowest BCUT2D eigenvalue weighted by Gasteiger charge is -2.29. The molecule has 2 aliphatic rings. The van der Waals surface area contributed by atoms with Gasteiger partial charge in [-0.25, -0.2) is 0 Å². The highest BCUT2D eigenvalue weighted by Crippen LogP contribution is 2.25. The molecular formula is C21H31Cl2N5O3. The van der Waals surface area contributed by atoms with Crippen LogP contribution in [0.4, 0.5) is 0 Å². The molecule has 0 bridgehead atoms. The molecule has 0 aromatic carbocycles. The van der Waals surface area contributed by atoms with Crippen molar-refractivity contribution in [3.63, 3.8) is 0 Å². The first-order valence-corrected chi connectivity index (χ1v) is 10.4. The van der Waals surface area contributed by atoms with E-state index in [0.717, 1.165) is 43.7 Å². The molecule has 1 saturated heterocycles. The molecular weight excluding hydrogens is 441 g/mol. The first-order chi connectivity index (χ1) is 14.0. The second-order valence-corrected chi connectivity index (χ2v) is 7.89. The van der Waals surface area contributed by atoms with E-state index in [1.165, 1.54) is 0 Å². The number of carbonyl (C=O) groups excluding carboxylic acids is 1. The number of aliphatic hydroxyl groups is 1. The minimum absolute atomic E-state index is 0. The molecule has 2 aromatic rings. The molecule has 1 fully saturated rings. The zero-order chi connectivity index (χ0) is 20.5. The van der Waals surface area contributed by atoms with E-state index in [9.17, 15) is 14.7 Å². The van der Waals surface area contributed by atoms with Gasteiger partial charge in [0.25, 0.3) is 11.5 Å². The third-order valence-electron chi connectivity index (χ3n) is 6.20. The summed E-state index contributed by atoms with van der Waals surface area (Å²) in [6.45, 7) is 7.12. The van der Waals surface area contributed by atoms with Crippen LogP contribution < -0.4 is 10.9 Å². The number of fused-ring (bicyclic) bond motifs is 1. The van der Waals surface area contributed by atoms with Gasteiger partial charge in [0.05, 0.1) is 12.3 Å². The maximum absolute atomic E-state index is 13.4. The highest BCUT2D eigenvalue weighted by Gasteiger charge is 2.30. The van der Waals surface area contributed by atoms with Crippen molar-refractivity contribution in [2.45, 2.75) is 58.8 Å². The van der Waals surface area contributed by atoms with Gasteiger partial charge in [-0.15, -0.1) is 24.8 Å². The van der Waals surface area contributed by atoms with Crippen LogP contribution in [-0.2, 0) is 26.1 Å². The molecule has 0 atom stereocenters. The van der Waals surface area contributed by atoms with Gasteiger partial charge in [0.2, 0.25) is 0 Å². The van der Waals surface area contributed by atoms with Gasteiger partial charge >= 0.3 is 0 Å². The summed E-state index contributed by atoms with van der Waals surface area (Å²) in [5, 5.41) is 17.5. The van der Waals surface area contributed by atoms with Gasteiger partial charge in [-0.05, 0) is 51.4 Å². The Morgan fingerprint density at radius 3 is 2.65 bits per heavy atom. The van der Waals surface area contributed by atoms with E-state index in [4.69, 9.17) is 0 Å². The number of aliphatic hydroxyl groups excluding tert-OH is 1. The number of pyridine rings is 1. The molecule has 0 spiro atoms. The van der Waals surface area contributed by atoms with Gasteiger partial charge in [0, 0.05) is 49.6 Å². The number of amides is 1. The van der Waals surface area contributed by atoms with Crippen LogP contribution in [0.2, 0.25) is 0 Å². The fraction of sp³-hybridized carbons (Fsp3) is 0.571. The molecule has 4 heterocycles. The molecule has 10 heteroatoms. The normalized spacial score (nSPS) is 16.3. The summed E-state index contributed by atoms with van der Waals surface area (Å²) in [6, 6.07) is 2.01. The van der Waals surface area contributed by atoms with Crippen molar-refractivity contribution in [1.29, 1.82) is 0 Å². The van der Waals surface area contributed by atoms with Crippen LogP contribution in [0.25, 0.3) is 0 Å². The lowest BCUT2D eigenvalue weighted by atomic mass is 10.0. The number of aromatic nitrogens is 3. The average molecular weight is 472 g/mol. The number of aryl methyl sites for hydroxylation is 2. The van der Waals surface area contributed by atoms with Crippen LogP contribution in [0.1, 0.15) is 58.7 Å². The lowest BCUT2D eigenvalue weighted by molar-refractivity contribution is 0.0728. The summed E-state index contributed by atoms with van der Waals surface area (Å²) in [7, 11) is 0. The molecule has 8 nitrogen and oxygen atoms in total. The van der Waals surface area contributed by atoms with Crippen molar-refractivity contribution < 1.29 is 9.90 Å². The fourth-order valence-corrected chi connectivity index (χ4v) is 4.56. The molecule has 1 amide bonds. The Kier molecular flexibility index (Phi) is 8.71. The predicted octanol–water partition coefficient (Wildman–Crippen LogP) is 1.83. The fourth-order valence-electron chi connectivity index (χ4n) is 4.56. The minimum atomic E-state index is -0.227. The number of carbonyl (C=O) groups is 1. The first kappa shape index (κ1) is 25.4. The van der Waals surface area contributed by atoms with Crippen molar-refractivity contribution in [1.82, 2.24) is 24.6 Å². The molecule has 4 rings (SSSR count). The molecule has 0 radical (unpaired) electrons. The molecule has 0 unspecified atom stereocenters. The number of piperidine rings is 1. The summed E-state index contributed by atoms with van der Waals surface area (Å²) < 4.78 is 3.64. The van der Waals surface area contributed by atoms with E-state index in [2.05, 4.69) is 10.4 Å². The summed E-state index contributed by atoms with van der Waals surface area (Å²) in [4.78, 5) is 28.3. The van der Waals surface area contributed by atoms with Gasteiger partial charge in [0.1, 0.15) is 5.56 Å². The van der Waals surface area contributed by atoms with Gasteiger partial charge in [-0.2, -0.15) is 5.10 Å². The van der Waals surface area contributed by atoms with E-state index in [0.29, 0.717) is 30.8 Å². The minimum Gasteiger partial charge on any atom is -0.390 e. The summed E-state index contributed by atoms with van der Waals surface area (Å²) in [5.41, 5.74) is 3.40. The zero-order valence-corrected chi connectivity index (χ0v) is 19.6. The Bertz CT molecular complexity index is 982. The van der Waals surface area contributed by atoms with Crippen molar-refractivity contribution in [2.75, 3.05) is 19.6 Å². The maximum Gasteiger partial charge on any atom is 0.263 e. The molecule has 2 aliphatic heterocycles. The van der Waals surface area contributed by atoms with E-state index < -0.39 is 0 Å². The lowest BCUT2D eigenvalue weighted by Crippen LogP contribution is -2.42. The highest BCUT2D eigenvalue weighted by molar-refractivity contribution is 5.95. The quantitative estimate of drug-likeness (QED) is 0.709. The summed E-state index contributed by atoms with van der Waals surface area (Å²) in [5.74, 6) is -0.227. The SMILES string of the molecule is CCn1nc(CO)c2c1CCN(C(=O)c1c(C)ccn(C3CCNCC3)c1=O)C2.Cl.Cl. The number of nitrogens with one attached hydrogen (secondary N) is 1. The van der Waals surface area contributed by atoms with Gasteiger partial charge in [0.15, 0.2) is 0 Å². The van der Waals surface area contributed by atoms with Crippen LogP contribution in [-0.4, -0.2) is 49.9 Å². The standard InChI is InChI=1S/C21H29N5O3.2ClH/c1-3-26-18-7-10-24(12-16(18)17(13-27)23-26)20(28)19-14(2)6-11-25(21(19)29)15-4-8-22-9-5-15;;/h6,11,15,22,27H,3-5,7-10,12-13H2,1-2H3;2*1H. The maximum atomic E-state index is 13.4.